The van der Waals surface area contributed by atoms with E-state index in [0.29, 0.717) is 0 Å². The van der Waals surface area contributed by atoms with E-state index in [0.717, 1.165) is 0 Å². The van der Waals surface area contributed by atoms with Crippen LogP contribution < -0.4 is 5.49 Å². The minimum Gasteiger partial charge on any atom is -0.465 e. The van der Waals surface area contributed by atoms with Gasteiger partial charge in [-0.1, -0.05) is 34.8 Å². The Labute approximate surface area is 107 Å². The molecule has 0 saturated heterocycles. The second kappa shape index (κ2) is 5.57. The maximum absolute atomic E-state index is 11.2. The van der Waals surface area contributed by atoms with Gasteiger partial charge in [-0.25, -0.2) is 0 Å². The number of nitrogens with one attached hydrogen (secondary N) is 1. The molecule has 0 amide bonds. The minimum absolute atomic E-state index is 0.0125. The molecule has 0 bridgehead atoms. The lowest BCUT2D eigenvalue weighted by Crippen LogP contribution is -2.25. The van der Waals surface area contributed by atoms with Gasteiger partial charge in [0, 0.05) is 6.20 Å². The number of nitrogens with zero attached hydrogens (tertiary/aromatic N) is 1. The highest BCUT2D eigenvalue weighted by molar-refractivity contribution is 6.47. The smallest absolute Gasteiger partial charge is 0.325 e. The zero-order valence-electron chi connectivity index (χ0n) is 8.39. The molecule has 16 heavy (non-hydrogen) atoms. The van der Waals surface area contributed by atoms with E-state index in [1.165, 1.54) is 10.8 Å². The van der Waals surface area contributed by atoms with E-state index in [2.05, 4.69) is 0 Å². The lowest BCUT2D eigenvalue weighted by molar-refractivity contribution is -0.143. The first kappa shape index (κ1) is 13.4. The fourth-order valence-corrected chi connectivity index (χ4v) is 1.67. The van der Waals surface area contributed by atoms with Crippen molar-refractivity contribution in [3.8, 4) is 0 Å². The Morgan fingerprint density at radius 1 is 1.44 bits per heavy atom. The van der Waals surface area contributed by atoms with E-state index in [4.69, 9.17) is 44.9 Å². The molecule has 0 spiro atoms. The number of carbonyl (C=O) groups is 1. The molecule has 0 unspecified atom stereocenters. The summed E-state index contributed by atoms with van der Waals surface area (Å²) in [4.78, 5) is 11.2. The predicted octanol–water partition coefficient (Wildman–Crippen LogP) is 2.49. The van der Waals surface area contributed by atoms with Gasteiger partial charge in [0.05, 0.1) is 16.7 Å². The summed E-state index contributed by atoms with van der Waals surface area (Å²) in [6, 6.07) is 0. The van der Waals surface area contributed by atoms with Crippen molar-refractivity contribution in [1.82, 2.24) is 4.57 Å². The van der Waals surface area contributed by atoms with Crippen LogP contribution in [0.25, 0.3) is 0 Å². The molecule has 7 heteroatoms. The summed E-state index contributed by atoms with van der Waals surface area (Å²) in [5.74, 6) is -0.463. The van der Waals surface area contributed by atoms with Crippen LogP contribution in [0.5, 0.6) is 0 Å². The van der Waals surface area contributed by atoms with Gasteiger partial charge in [-0.2, -0.15) is 0 Å². The summed E-state index contributed by atoms with van der Waals surface area (Å²) in [5, 5.41) is 7.94. The Morgan fingerprint density at radius 3 is 2.62 bits per heavy atom. The van der Waals surface area contributed by atoms with Crippen LogP contribution in [0.3, 0.4) is 0 Å². The van der Waals surface area contributed by atoms with Gasteiger partial charge in [0.15, 0.2) is 0 Å². The van der Waals surface area contributed by atoms with E-state index in [1.807, 2.05) is 0 Å². The summed E-state index contributed by atoms with van der Waals surface area (Å²) < 4.78 is 6.02. The second-order valence-corrected chi connectivity index (χ2v) is 4.05. The number of halogens is 3. The Balaban J connectivity index is 3.07. The molecule has 88 valence electrons. The SMILES string of the molecule is CCOC(=O)Cn1cc(Cl)c(Cl)c(Cl)c1=N. The van der Waals surface area contributed by atoms with Crippen LogP contribution in [0.1, 0.15) is 6.92 Å². The quantitative estimate of drug-likeness (QED) is 0.867. The van der Waals surface area contributed by atoms with Crippen molar-refractivity contribution in [2.24, 2.45) is 0 Å². The molecule has 0 aliphatic heterocycles. The van der Waals surface area contributed by atoms with E-state index in [-0.39, 0.29) is 33.7 Å². The first-order chi connectivity index (χ1) is 7.47. The van der Waals surface area contributed by atoms with Crippen molar-refractivity contribution in [3.63, 3.8) is 0 Å². The summed E-state index contributed by atoms with van der Waals surface area (Å²) in [6.07, 6.45) is 1.37. The molecular formula is C9H9Cl3N2O2. The minimum atomic E-state index is -0.463. The van der Waals surface area contributed by atoms with Crippen LogP contribution in [0.15, 0.2) is 6.20 Å². The Morgan fingerprint density at radius 2 is 2.06 bits per heavy atom. The Bertz CT molecular complexity index is 471. The average molecular weight is 284 g/mol. The van der Waals surface area contributed by atoms with Gasteiger partial charge in [-0.3, -0.25) is 10.2 Å². The van der Waals surface area contributed by atoms with Gasteiger partial charge in [-0.05, 0) is 6.92 Å². The van der Waals surface area contributed by atoms with E-state index in [9.17, 15) is 4.79 Å². The molecule has 0 saturated carbocycles. The molecule has 0 aliphatic rings. The van der Waals surface area contributed by atoms with Crippen LogP contribution in [0, 0.1) is 5.41 Å². The molecule has 1 N–H and O–H groups in total. The molecule has 0 aliphatic carbocycles. The molecular weight excluding hydrogens is 274 g/mol. The van der Waals surface area contributed by atoms with E-state index >= 15 is 0 Å². The largest absolute Gasteiger partial charge is 0.465 e. The fraction of sp³-hybridized carbons (Fsp3) is 0.333. The molecule has 4 nitrogen and oxygen atoms in total. The van der Waals surface area contributed by atoms with Crippen molar-refractivity contribution < 1.29 is 9.53 Å². The van der Waals surface area contributed by atoms with Gasteiger partial charge in [-0.15, -0.1) is 0 Å². The molecule has 0 atom stereocenters. The van der Waals surface area contributed by atoms with Crippen molar-refractivity contribution in [2.75, 3.05) is 6.61 Å². The van der Waals surface area contributed by atoms with E-state index in [1.54, 1.807) is 6.92 Å². The Hall–Kier alpha value is -0.710. The zero-order valence-corrected chi connectivity index (χ0v) is 10.7. The van der Waals surface area contributed by atoms with Crippen LogP contribution >= 0.6 is 34.8 Å². The molecule has 1 heterocycles. The number of rotatable bonds is 3. The number of hydrogen-bond donors (Lipinski definition) is 1. The third-order valence-corrected chi connectivity index (χ3v) is 3.01. The second-order valence-electron chi connectivity index (χ2n) is 2.89. The summed E-state index contributed by atoms with van der Waals surface area (Å²) in [6.45, 7) is 1.86. The molecule has 1 aromatic rings. The summed E-state index contributed by atoms with van der Waals surface area (Å²) in [7, 11) is 0. The van der Waals surface area contributed by atoms with Gasteiger partial charge in [0.1, 0.15) is 17.1 Å². The van der Waals surface area contributed by atoms with Crippen LogP contribution in [-0.2, 0) is 16.1 Å². The third-order valence-electron chi connectivity index (χ3n) is 1.77. The maximum Gasteiger partial charge on any atom is 0.325 e. The highest BCUT2D eigenvalue weighted by atomic mass is 35.5. The number of carbonyl (C=O) groups excluding carboxylic acids is 1. The molecule has 1 rings (SSSR count). The molecule has 0 aromatic carbocycles. The average Bonchev–Trinajstić information content (AvgIpc) is 2.23. The number of esters is 1. The highest BCUT2D eigenvalue weighted by Crippen LogP contribution is 2.26. The van der Waals surface area contributed by atoms with Crippen LogP contribution in [0.2, 0.25) is 15.1 Å². The molecule has 0 fully saturated rings. The topological polar surface area (TPSA) is 55.1 Å². The normalized spacial score (nSPS) is 10.2. The number of hydrogen-bond acceptors (Lipinski definition) is 3. The standard InChI is InChI=1S/C9H9Cl3N2O2/c1-2-16-6(15)4-14-3-5(10)7(11)8(12)9(14)13/h3,13H,2,4H2,1H3. The lowest BCUT2D eigenvalue weighted by Gasteiger charge is -2.09. The first-order valence-electron chi connectivity index (χ1n) is 4.41. The third kappa shape index (κ3) is 2.90. The van der Waals surface area contributed by atoms with Crippen molar-refractivity contribution in [2.45, 2.75) is 13.5 Å². The van der Waals surface area contributed by atoms with Gasteiger partial charge in [0.25, 0.3) is 0 Å². The fourth-order valence-electron chi connectivity index (χ4n) is 1.06. The van der Waals surface area contributed by atoms with Crippen molar-refractivity contribution in [1.29, 1.82) is 5.41 Å². The summed E-state index contributed by atoms with van der Waals surface area (Å²) >= 11 is 17.3. The van der Waals surface area contributed by atoms with Gasteiger partial charge < -0.3 is 9.30 Å². The van der Waals surface area contributed by atoms with Crippen molar-refractivity contribution >= 4 is 40.8 Å². The monoisotopic (exact) mass is 282 g/mol. The van der Waals surface area contributed by atoms with Crippen molar-refractivity contribution in [3.05, 3.63) is 26.8 Å². The number of ether oxygens (including phenoxy) is 1. The molecule has 1 aromatic heterocycles. The lowest BCUT2D eigenvalue weighted by atomic mass is 10.4. The van der Waals surface area contributed by atoms with Crippen LogP contribution in [0.4, 0.5) is 0 Å². The Kier molecular flexibility index (Phi) is 4.65. The zero-order chi connectivity index (χ0) is 12.3. The number of aromatic nitrogens is 1. The van der Waals surface area contributed by atoms with Gasteiger partial charge >= 0.3 is 5.97 Å². The first-order valence-corrected chi connectivity index (χ1v) is 5.55. The van der Waals surface area contributed by atoms with Gasteiger partial charge in [0.2, 0.25) is 0 Å². The summed E-state index contributed by atoms with van der Waals surface area (Å²) in [5.41, 5.74) is -0.0795. The van der Waals surface area contributed by atoms with Crippen LogP contribution in [-0.4, -0.2) is 17.1 Å². The highest BCUT2D eigenvalue weighted by Gasteiger charge is 2.11. The van der Waals surface area contributed by atoms with E-state index < -0.39 is 5.97 Å². The number of pyridine rings is 1. The maximum atomic E-state index is 11.2. The molecule has 0 radical (unpaired) electrons. The predicted molar refractivity (Wildman–Crippen MR) is 61.9 cm³/mol.